The van der Waals surface area contributed by atoms with Crippen molar-refractivity contribution in [3.05, 3.63) is 192 Å². The highest BCUT2D eigenvalue weighted by atomic mass is 16.3. The van der Waals surface area contributed by atoms with Gasteiger partial charge in [-0.05, 0) is 88.5 Å². The molecule has 4 nitrogen and oxygen atoms in total. The Morgan fingerprint density at radius 3 is 1.92 bits per heavy atom. The fraction of sp³-hybridized carbons (Fsp3) is 0.107. The van der Waals surface area contributed by atoms with E-state index in [1.807, 2.05) is 12.1 Å². The first kappa shape index (κ1) is 33.6. The van der Waals surface area contributed by atoms with Gasteiger partial charge in [0.25, 0.3) is 0 Å². The molecule has 0 saturated heterocycles. The van der Waals surface area contributed by atoms with Gasteiger partial charge in [0.2, 0.25) is 0 Å². The Bertz CT molecular complexity index is 3610. The highest BCUT2D eigenvalue weighted by Gasteiger charge is 2.41. The molecule has 0 radical (unpaired) electrons. The number of fused-ring (bicyclic) bond motifs is 15. The van der Waals surface area contributed by atoms with Crippen molar-refractivity contribution in [2.75, 3.05) is 4.90 Å². The minimum absolute atomic E-state index is 0.174. The maximum atomic E-state index is 7.03. The smallest absolute Gasteiger partial charge is 0.140 e. The second kappa shape index (κ2) is 11.7. The van der Waals surface area contributed by atoms with Crippen molar-refractivity contribution in [2.24, 2.45) is 0 Å². The van der Waals surface area contributed by atoms with E-state index in [1.165, 1.54) is 55.5 Å². The number of nitrogens with zero attached hydrogens (tertiary/aromatic N) is 2. The van der Waals surface area contributed by atoms with Crippen molar-refractivity contribution in [2.45, 2.75) is 38.5 Å². The van der Waals surface area contributed by atoms with Crippen molar-refractivity contribution < 1.29 is 8.83 Å². The van der Waals surface area contributed by atoms with Crippen molar-refractivity contribution >= 4 is 71.8 Å². The Kier molecular flexibility index (Phi) is 6.55. The first-order valence-electron chi connectivity index (χ1n) is 20.9. The van der Waals surface area contributed by atoms with Gasteiger partial charge in [-0.25, -0.2) is 0 Å². The van der Waals surface area contributed by atoms with Gasteiger partial charge < -0.3 is 18.3 Å². The van der Waals surface area contributed by atoms with Crippen LogP contribution in [0.1, 0.15) is 49.9 Å². The lowest BCUT2D eigenvalue weighted by molar-refractivity contribution is 0.620. The van der Waals surface area contributed by atoms with Crippen LogP contribution in [0.3, 0.4) is 0 Å². The van der Waals surface area contributed by atoms with Crippen molar-refractivity contribution in [1.29, 1.82) is 0 Å². The van der Waals surface area contributed by atoms with Crippen LogP contribution in [0.2, 0.25) is 0 Å². The van der Waals surface area contributed by atoms with Gasteiger partial charge in [0, 0.05) is 66.6 Å². The molecule has 286 valence electrons. The summed E-state index contributed by atoms with van der Waals surface area (Å²) in [6.45, 7) is 9.40. The van der Waals surface area contributed by atoms with E-state index in [4.69, 9.17) is 8.83 Å². The van der Waals surface area contributed by atoms with E-state index in [0.717, 1.165) is 66.6 Å². The topological polar surface area (TPSA) is 34.5 Å². The summed E-state index contributed by atoms with van der Waals surface area (Å²) in [6.07, 6.45) is 0. The number of aromatic nitrogens is 1. The molecule has 13 rings (SSSR count). The molecule has 0 spiro atoms. The number of para-hydroxylation sites is 2. The first-order chi connectivity index (χ1) is 29.3. The van der Waals surface area contributed by atoms with Gasteiger partial charge in [-0.2, -0.15) is 0 Å². The molecule has 0 bridgehead atoms. The predicted octanol–water partition coefficient (Wildman–Crippen LogP) is 15.5. The fourth-order valence-corrected chi connectivity index (χ4v) is 11.1. The number of benzene rings is 8. The van der Waals surface area contributed by atoms with E-state index in [2.05, 4.69) is 195 Å². The third-order valence-corrected chi connectivity index (χ3v) is 13.7. The second-order valence-corrected chi connectivity index (χ2v) is 17.7. The maximum absolute atomic E-state index is 7.03. The van der Waals surface area contributed by atoms with E-state index >= 15 is 0 Å². The Hall–Kier alpha value is -7.30. The van der Waals surface area contributed by atoms with E-state index in [-0.39, 0.29) is 10.8 Å². The van der Waals surface area contributed by atoms with Gasteiger partial charge in [0.05, 0.1) is 22.3 Å². The average molecular weight is 773 g/mol. The van der Waals surface area contributed by atoms with Crippen LogP contribution in [-0.4, -0.2) is 4.57 Å². The minimum Gasteiger partial charge on any atom is -0.456 e. The lowest BCUT2D eigenvalue weighted by atomic mass is 9.81. The molecule has 60 heavy (non-hydrogen) atoms. The molecule has 3 heterocycles. The summed E-state index contributed by atoms with van der Waals surface area (Å²) in [5.74, 6) is 0. The van der Waals surface area contributed by atoms with Crippen LogP contribution in [-0.2, 0) is 10.8 Å². The zero-order valence-electron chi connectivity index (χ0n) is 33.9. The highest BCUT2D eigenvalue weighted by Crippen LogP contribution is 2.56. The SMILES string of the molecule is CC1(C)c2ccccc2-c2c1c1ccc(N(c3ccc4c(c3)oc3ccccc34)c3cccc4oc5c6c(ccc5c34)-c3ccccc3C6(C)C)cc1n2-c1ccccc1. The van der Waals surface area contributed by atoms with Crippen molar-refractivity contribution in [3.8, 4) is 28.1 Å². The largest absolute Gasteiger partial charge is 0.456 e. The van der Waals surface area contributed by atoms with Gasteiger partial charge >= 0.3 is 0 Å². The quantitative estimate of drug-likeness (QED) is 0.179. The zero-order valence-corrected chi connectivity index (χ0v) is 33.9. The van der Waals surface area contributed by atoms with Gasteiger partial charge in [-0.15, -0.1) is 0 Å². The number of hydrogen-bond donors (Lipinski definition) is 0. The molecule has 0 aliphatic heterocycles. The number of furan rings is 2. The summed E-state index contributed by atoms with van der Waals surface area (Å²) >= 11 is 0. The highest BCUT2D eigenvalue weighted by molar-refractivity contribution is 6.16. The normalized spacial score (nSPS) is 14.6. The van der Waals surface area contributed by atoms with Crippen molar-refractivity contribution in [3.63, 3.8) is 0 Å². The summed E-state index contributed by atoms with van der Waals surface area (Å²) in [5, 5.41) is 5.68. The summed E-state index contributed by atoms with van der Waals surface area (Å²) < 4.78 is 16.1. The molecule has 8 aromatic carbocycles. The number of anilines is 3. The third-order valence-electron chi connectivity index (χ3n) is 13.7. The van der Waals surface area contributed by atoms with Crippen LogP contribution < -0.4 is 4.90 Å². The third kappa shape index (κ3) is 4.30. The molecule has 2 aliphatic carbocycles. The van der Waals surface area contributed by atoms with E-state index in [1.54, 1.807) is 0 Å². The van der Waals surface area contributed by atoms with E-state index in [0.29, 0.717) is 0 Å². The predicted molar refractivity (Wildman–Crippen MR) is 248 cm³/mol. The Labute approximate surface area is 347 Å². The summed E-state index contributed by atoms with van der Waals surface area (Å²) in [5.41, 5.74) is 19.0. The summed E-state index contributed by atoms with van der Waals surface area (Å²) in [6, 6.07) is 61.6. The first-order valence-corrected chi connectivity index (χ1v) is 20.9. The molecule has 0 N–H and O–H groups in total. The zero-order chi connectivity index (χ0) is 40.1. The van der Waals surface area contributed by atoms with Crippen LogP contribution >= 0.6 is 0 Å². The van der Waals surface area contributed by atoms with Gasteiger partial charge in [-0.1, -0.05) is 131 Å². The lowest BCUT2D eigenvalue weighted by Gasteiger charge is -2.27. The van der Waals surface area contributed by atoms with Crippen LogP contribution in [0.15, 0.2) is 179 Å². The fourth-order valence-electron chi connectivity index (χ4n) is 11.1. The van der Waals surface area contributed by atoms with Crippen LogP contribution in [0.4, 0.5) is 17.1 Å². The minimum atomic E-state index is -0.216. The average Bonchev–Trinajstić information content (AvgIpc) is 4.04. The molecule has 11 aromatic rings. The molecule has 0 saturated carbocycles. The molecule has 4 heteroatoms. The molecule has 0 fully saturated rings. The number of hydrogen-bond acceptors (Lipinski definition) is 3. The van der Waals surface area contributed by atoms with Crippen molar-refractivity contribution in [1.82, 2.24) is 4.57 Å². The van der Waals surface area contributed by atoms with Gasteiger partial charge in [-0.3, -0.25) is 0 Å². The molecule has 0 atom stereocenters. The molecular weight excluding hydrogens is 733 g/mol. The second-order valence-electron chi connectivity index (χ2n) is 17.7. The molecule has 3 aromatic heterocycles. The standard InChI is InChI=1S/C56H40N2O2/c1-55(2)44-21-12-9-19-40(44)53-51(55)41-28-26-34(31-46(41)58(53)33-15-6-5-7-16-33)57(35-25-27-38-37-18-10-13-23-47(37)59-49(38)32-35)45-22-14-24-48-50(45)42-30-29-39-36-17-8-11-20-43(36)56(3,4)52(39)54(42)60-48/h5-32H,1-4H3. The molecule has 0 amide bonds. The Morgan fingerprint density at radius 2 is 1.08 bits per heavy atom. The lowest BCUT2D eigenvalue weighted by Crippen LogP contribution is -2.15. The summed E-state index contributed by atoms with van der Waals surface area (Å²) in [4.78, 5) is 2.41. The Morgan fingerprint density at radius 1 is 0.450 bits per heavy atom. The van der Waals surface area contributed by atoms with Crippen LogP contribution in [0.5, 0.6) is 0 Å². The van der Waals surface area contributed by atoms with E-state index < -0.39 is 0 Å². The van der Waals surface area contributed by atoms with Gasteiger partial charge in [0.1, 0.15) is 22.3 Å². The maximum Gasteiger partial charge on any atom is 0.140 e. The van der Waals surface area contributed by atoms with Gasteiger partial charge in [0.15, 0.2) is 0 Å². The molecule has 2 aliphatic rings. The molecule has 0 unspecified atom stereocenters. The summed E-state index contributed by atoms with van der Waals surface area (Å²) in [7, 11) is 0. The van der Waals surface area contributed by atoms with E-state index in [9.17, 15) is 0 Å². The van der Waals surface area contributed by atoms with Crippen LogP contribution in [0, 0.1) is 0 Å². The number of rotatable bonds is 4. The van der Waals surface area contributed by atoms with Crippen LogP contribution in [0.25, 0.3) is 82.9 Å². The monoisotopic (exact) mass is 772 g/mol. The Balaban J connectivity index is 1.11. The molecular formula is C56H40N2O2.